The normalized spacial score (nSPS) is 13.8. The molecule has 132 valence electrons. The molecule has 0 bridgehead atoms. The maximum Gasteiger partial charge on any atom is 0.219 e. The minimum Gasteiger partial charge on any atom is -0.401 e. The molecule has 7 heteroatoms. The number of nitrogens with one attached hydrogen (secondary N) is 1. The Balaban J connectivity index is 2.69. The summed E-state index contributed by atoms with van der Waals surface area (Å²) in [6.45, 7) is 4.07. The first-order chi connectivity index (χ1) is 11.5. The van der Waals surface area contributed by atoms with E-state index in [2.05, 4.69) is 22.0 Å². The zero-order valence-electron chi connectivity index (χ0n) is 13.9. The first-order valence-electron chi connectivity index (χ1n) is 7.79. The third-order valence-corrected chi connectivity index (χ3v) is 3.69. The largest absolute Gasteiger partial charge is 0.401 e. The number of hydrogen-bond acceptors (Lipinski definition) is 3. The van der Waals surface area contributed by atoms with Crippen molar-refractivity contribution in [3.63, 3.8) is 0 Å². The third-order valence-electron chi connectivity index (χ3n) is 3.69. The Labute approximate surface area is 141 Å². The molecular weight excluding hydrogens is 312 g/mol. The molecule has 0 aromatic heterocycles. The molecule has 0 aliphatic rings. The molecule has 1 aromatic carbocycles. The zero-order chi connectivity index (χ0) is 17.9. The van der Waals surface area contributed by atoms with Crippen molar-refractivity contribution in [2.24, 2.45) is 27.4 Å². The summed E-state index contributed by atoms with van der Waals surface area (Å²) in [6.07, 6.45) is 4.21. The van der Waals surface area contributed by atoms with Crippen LogP contribution in [0.15, 0.2) is 40.1 Å². The molecule has 1 rings (SSSR count). The minimum absolute atomic E-state index is 0.0538. The van der Waals surface area contributed by atoms with Crippen LogP contribution >= 0.6 is 0 Å². The van der Waals surface area contributed by atoms with Gasteiger partial charge < -0.3 is 16.8 Å². The molecule has 0 aliphatic carbocycles. The van der Waals surface area contributed by atoms with Crippen LogP contribution in [0.1, 0.15) is 24.8 Å². The number of benzene rings is 1. The fraction of sp³-hybridized carbons (Fsp3) is 0.412. The molecular formula is C17H25F2N5. The highest BCUT2D eigenvalue weighted by atomic mass is 19.1. The summed E-state index contributed by atoms with van der Waals surface area (Å²) in [5.41, 5.74) is 12.4. The molecule has 0 aliphatic heterocycles. The Hall–Kier alpha value is -2.28. The van der Waals surface area contributed by atoms with Crippen molar-refractivity contribution < 1.29 is 8.78 Å². The average molecular weight is 337 g/mol. The summed E-state index contributed by atoms with van der Waals surface area (Å²) < 4.78 is 26.9. The van der Waals surface area contributed by atoms with Gasteiger partial charge in [-0.3, -0.25) is 0 Å². The molecule has 0 amide bonds. The second-order valence-electron chi connectivity index (χ2n) is 5.59. The second kappa shape index (κ2) is 10.5. The molecule has 0 fully saturated rings. The Kier molecular flexibility index (Phi) is 8.64. The van der Waals surface area contributed by atoms with Crippen LogP contribution in [0, 0.1) is 17.6 Å². The molecule has 0 radical (unpaired) electrons. The highest BCUT2D eigenvalue weighted by molar-refractivity contribution is 5.82. The number of nitrogens with two attached hydrogens (primary N) is 2. The van der Waals surface area contributed by atoms with Gasteiger partial charge in [0.2, 0.25) is 5.96 Å². The van der Waals surface area contributed by atoms with Gasteiger partial charge in [0.15, 0.2) is 0 Å². The van der Waals surface area contributed by atoms with Gasteiger partial charge in [-0.15, -0.1) is 0 Å². The lowest BCUT2D eigenvalue weighted by Gasteiger charge is -2.17. The number of aliphatic imine (C=N–C) groups is 2. The average Bonchev–Trinajstić information content (AvgIpc) is 2.57. The summed E-state index contributed by atoms with van der Waals surface area (Å²) in [5.74, 6) is -0.815. The lowest BCUT2D eigenvalue weighted by molar-refractivity contribution is 0.430. The Morgan fingerprint density at radius 3 is 2.71 bits per heavy atom. The second-order valence-corrected chi connectivity index (χ2v) is 5.59. The summed E-state index contributed by atoms with van der Waals surface area (Å²) >= 11 is 0. The summed E-state index contributed by atoms with van der Waals surface area (Å²) in [5, 5.41) is 3.09. The standard InChI is InChI=1S/C17H25F2N5/c1-22-8-7-12(3-6-15(20)11-24-17(21)23-2)9-13-4-5-14(18)10-16(13)19/h4-5,10-12,22H,2-3,6-9,20H2,1H3,(H2,21,24)/b15-11+. The summed E-state index contributed by atoms with van der Waals surface area (Å²) in [7, 11) is 1.86. The van der Waals surface area contributed by atoms with E-state index in [0.29, 0.717) is 24.1 Å². The molecule has 1 unspecified atom stereocenters. The van der Waals surface area contributed by atoms with E-state index in [0.717, 1.165) is 25.5 Å². The SMILES string of the molecule is C=NC(N)=N/C=C(/N)CCC(CCNC)Cc1ccc(F)cc1F. The molecule has 5 N–H and O–H groups in total. The van der Waals surface area contributed by atoms with E-state index in [1.54, 1.807) is 0 Å². The van der Waals surface area contributed by atoms with Crippen molar-refractivity contribution in [2.75, 3.05) is 13.6 Å². The fourth-order valence-electron chi connectivity index (χ4n) is 2.32. The van der Waals surface area contributed by atoms with Gasteiger partial charge in [-0.2, -0.15) is 0 Å². The van der Waals surface area contributed by atoms with E-state index in [-0.39, 0.29) is 11.9 Å². The van der Waals surface area contributed by atoms with Crippen LogP contribution in [0.5, 0.6) is 0 Å². The topological polar surface area (TPSA) is 88.8 Å². The number of allylic oxidation sites excluding steroid dienone is 1. The van der Waals surface area contributed by atoms with E-state index in [1.807, 2.05) is 7.05 Å². The monoisotopic (exact) mass is 337 g/mol. The maximum atomic E-state index is 13.8. The van der Waals surface area contributed by atoms with Crippen LogP contribution < -0.4 is 16.8 Å². The van der Waals surface area contributed by atoms with Gasteiger partial charge in [-0.25, -0.2) is 18.8 Å². The Bertz CT molecular complexity index is 599. The van der Waals surface area contributed by atoms with Crippen LogP contribution in [-0.4, -0.2) is 26.3 Å². The van der Waals surface area contributed by atoms with E-state index in [1.165, 1.54) is 18.3 Å². The maximum absolute atomic E-state index is 13.8. The van der Waals surface area contributed by atoms with Crippen molar-refractivity contribution in [2.45, 2.75) is 25.7 Å². The predicted molar refractivity (Wildman–Crippen MR) is 94.8 cm³/mol. The number of rotatable bonds is 9. The van der Waals surface area contributed by atoms with Gasteiger partial charge in [0, 0.05) is 18.0 Å². The zero-order valence-corrected chi connectivity index (χ0v) is 13.9. The minimum atomic E-state index is -0.568. The molecule has 1 atom stereocenters. The van der Waals surface area contributed by atoms with Gasteiger partial charge in [-0.05, 0) is 63.5 Å². The van der Waals surface area contributed by atoms with Crippen molar-refractivity contribution >= 4 is 12.7 Å². The molecule has 24 heavy (non-hydrogen) atoms. The number of guanidine groups is 1. The van der Waals surface area contributed by atoms with Crippen molar-refractivity contribution in [3.8, 4) is 0 Å². The quantitative estimate of drug-likeness (QED) is 0.477. The van der Waals surface area contributed by atoms with Crippen LogP contribution in [-0.2, 0) is 6.42 Å². The fourth-order valence-corrected chi connectivity index (χ4v) is 2.32. The van der Waals surface area contributed by atoms with E-state index in [4.69, 9.17) is 11.5 Å². The molecule has 0 heterocycles. The number of hydrogen-bond donors (Lipinski definition) is 3. The van der Waals surface area contributed by atoms with Crippen molar-refractivity contribution in [3.05, 3.63) is 47.3 Å². The van der Waals surface area contributed by atoms with Crippen molar-refractivity contribution in [1.29, 1.82) is 0 Å². The smallest absolute Gasteiger partial charge is 0.219 e. The van der Waals surface area contributed by atoms with Crippen LogP contribution in [0.2, 0.25) is 0 Å². The summed E-state index contributed by atoms with van der Waals surface area (Å²) in [6, 6.07) is 3.69. The first kappa shape index (κ1) is 19.8. The van der Waals surface area contributed by atoms with E-state index >= 15 is 0 Å². The lowest BCUT2D eigenvalue weighted by Crippen LogP contribution is -2.16. The molecule has 0 saturated carbocycles. The lowest BCUT2D eigenvalue weighted by atomic mass is 9.91. The van der Waals surface area contributed by atoms with E-state index < -0.39 is 11.6 Å². The highest BCUT2D eigenvalue weighted by Gasteiger charge is 2.13. The molecule has 5 nitrogen and oxygen atoms in total. The number of nitrogens with zero attached hydrogens (tertiary/aromatic N) is 2. The van der Waals surface area contributed by atoms with Gasteiger partial charge in [0.1, 0.15) is 11.6 Å². The van der Waals surface area contributed by atoms with Gasteiger partial charge in [0.05, 0.1) is 0 Å². The van der Waals surface area contributed by atoms with Gasteiger partial charge in [-0.1, -0.05) is 6.07 Å². The van der Waals surface area contributed by atoms with Gasteiger partial charge in [0.25, 0.3) is 0 Å². The van der Waals surface area contributed by atoms with Crippen LogP contribution in [0.25, 0.3) is 0 Å². The van der Waals surface area contributed by atoms with Crippen LogP contribution in [0.3, 0.4) is 0 Å². The summed E-state index contributed by atoms with van der Waals surface area (Å²) in [4.78, 5) is 7.32. The van der Waals surface area contributed by atoms with Crippen molar-refractivity contribution in [1.82, 2.24) is 5.32 Å². The highest BCUT2D eigenvalue weighted by Crippen LogP contribution is 2.21. The predicted octanol–water partition coefficient (Wildman–Crippen LogP) is 2.33. The third kappa shape index (κ3) is 7.32. The Morgan fingerprint density at radius 2 is 2.08 bits per heavy atom. The van der Waals surface area contributed by atoms with E-state index in [9.17, 15) is 8.78 Å². The Morgan fingerprint density at radius 1 is 1.33 bits per heavy atom. The first-order valence-corrected chi connectivity index (χ1v) is 7.79. The molecule has 0 spiro atoms. The van der Waals surface area contributed by atoms with Crippen LogP contribution in [0.4, 0.5) is 8.78 Å². The molecule has 1 aromatic rings. The molecule has 0 saturated heterocycles. The number of halogens is 2. The van der Waals surface area contributed by atoms with Gasteiger partial charge >= 0.3 is 0 Å².